The Morgan fingerprint density at radius 3 is 2.50 bits per heavy atom. The van der Waals surface area contributed by atoms with E-state index in [1.807, 2.05) is 12.3 Å². The number of hydrogen-bond acceptors (Lipinski definition) is 5. The van der Waals surface area contributed by atoms with Gasteiger partial charge in [0.15, 0.2) is 10.3 Å². The standard InChI is InChI=1S/C27H28N4OS2/c1-17-12-18(2)25(19(3)13-17)30(20(4)32)27-29-22(16-34-27)15-33-26-28-14-24(31(26)23-10-11-23)21-8-6-5-7-9-21/h5-9,12-14,16,23H,10-11,15H2,1-4H3. The van der Waals surface area contributed by atoms with Crippen LogP contribution in [0.1, 0.15) is 48.2 Å². The van der Waals surface area contributed by atoms with Crippen molar-refractivity contribution >= 4 is 39.8 Å². The number of carbonyl (C=O) groups excluding carboxylic acids is 1. The van der Waals surface area contributed by atoms with Crippen LogP contribution in [0.15, 0.2) is 59.2 Å². The van der Waals surface area contributed by atoms with Gasteiger partial charge in [-0.1, -0.05) is 59.8 Å². The number of anilines is 2. The number of benzene rings is 2. The minimum absolute atomic E-state index is 0.0274. The zero-order valence-corrected chi connectivity index (χ0v) is 21.5. The molecule has 0 N–H and O–H groups in total. The molecule has 1 saturated carbocycles. The molecule has 5 rings (SSSR count). The first kappa shape index (κ1) is 22.9. The van der Waals surface area contributed by atoms with Crippen molar-refractivity contribution in [3.8, 4) is 11.3 Å². The summed E-state index contributed by atoms with van der Waals surface area (Å²) in [6, 6.07) is 15.2. The Morgan fingerprint density at radius 1 is 1.15 bits per heavy atom. The van der Waals surface area contributed by atoms with Crippen molar-refractivity contribution in [2.45, 2.75) is 57.5 Å². The smallest absolute Gasteiger partial charge is 0.230 e. The lowest BCUT2D eigenvalue weighted by molar-refractivity contribution is -0.115. The minimum Gasteiger partial charge on any atom is -0.316 e. The van der Waals surface area contributed by atoms with Crippen LogP contribution in [0.2, 0.25) is 0 Å². The number of aromatic nitrogens is 3. The quantitative estimate of drug-likeness (QED) is 0.257. The Morgan fingerprint density at radius 2 is 1.85 bits per heavy atom. The fourth-order valence-electron chi connectivity index (χ4n) is 4.48. The van der Waals surface area contributed by atoms with Crippen LogP contribution in [0.25, 0.3) is 11.3 Å². The van der Waals surface area contributed by atoms with Crippen molar-refractivity contribution in [2.24, 2.45) is 0 Å². The van der Waals surface area contributed by atoms with Gasteiger partial charge < -0.3 is 4.57 Å². The molecule has 7 heteroatoms. The fraction of sp³-hybridized carbons (Fsp3) is 0.296. The molecule has 1 fully saturated rings. The van der Waals surface area contributed by atoms with Gasteiger partial charge in [-0.3, -0.25) is 9.69 Å². The summed E-state index contributed by atoms with van der Waals surface area (Å²) in [5.41, 5.74) is 7.63. The fourth-order valence-corrected chi connectivity index (χ4v) is 6.39. The maximum atomic E-state index is 12.7. The summed E-state index contributed by atoms with van der Waals surface area (Å²) in [5, 5.41) is 3.80. The monoisotopic (exact) mass is 488 g/mol. The first-order chi connectivity index (χ1) is 16.4. The van der Waals surface area contributed by atoms with Crippen molar-refractivity contribution in [3.05, 3.63) is 76.4 Å². The van der Waals surface area contributed by atoms with Crippen LogP contribution >= 0.6 is 23.1 Å². The Kier molecular flexibility index (Phi) is 6.32. The zero-order chi connectivity index (χ0) is 23.8. The van der Waals surface area contributed by atoms with Crippen LogP contribution in [0.5, 0.6) is 0 Å². The van der Waals surface area contributed by atoms with Crippen LogP contribution in [-0.4, -0.2) is 20.4 Å². The summed E-state index contributed by atoms with van der Waals surface area (Å²) in [7, 11) is 0. The molecular weight excluding hydrogens is 460 g/mol. The number of thiazole rings is 1. The highest BCUT2D eigenvalue weighted by Crippen LogP contribution is 2.42. The van der Waals surface area contributed by atoms with E-state index in [0.29, 0.717) is 16.9 Å². The summed E-state index contributed by atoms with van der Waals surface area (Å²) in [4.78, 5) is 24.0. The molecule has 0 saturated heterocycles. The van der Waals surface area contributed by atoms with Crippen LogP contribution in [0.3, 0.4) is 0 Å². The van der Waals surface area contributed by atoms with Gasteiger partial charge in [0, 0.05) is 24.1 Å². The van der Waals surface area contributed by atoms with E-state index in [1.54, 1.807) is 23.6 Å². The third-order valence-electron chi connectivity index (χ3n) is 6.00. The second-order valence-corrected chi connectivity index (χ2v) is 10.7. The van der Waals surface area contributed by atoms with Crippen LogP contribution in [0, 0.1) is 20.8 Å². The number of thioether (sulfide) groups is 1. The van der Waals surface area contributed by atoms with Crippen LogP contribution in [0.4, 0.5) is 10.8 Å². The largest absolute Gasteiger partial charge is 0.316 e. The van der Waals surface area contributed by atoms with Gasteiger partial charge in [-0.25, -0.2) is 9.97 Å². The van der Waals surface area contributed by atoms with E-state index in [4.69, 9.17) is 9.97 Å². The molecule has 1 amide bonds. The lowest BCUT2D eigenvalue weighted by Crippen LogP contribution is -2.24. The third kappa shape index (κ3) is 4.55. The maximum absolute atomic E-state index is 12.7. The first-order valence-corrected chi connectivity index (χ1v) is 13.4. The molecule has 2 aromatic carbocycles. The van der Waals surface area contributed by atoms with Crippen molar-refractivity contribution in [2.75, 3.05) is 4.90 Å². The van der Waals surface area contributed by atoms with E-state index < -0.39 is 0 Å². The molecule has 0 bridgehead atoms. The molecule has 0 radical (unpaired) electrons. The number of imidazole rings is 1. The minimum atomic E-state index is -0.0274. The summed E-state index contributed by atoms with van der Waals surface area (Å²) in [6.45, 7) is 7.79. The van der Waals surface area contributed by atoms with Gasteiger partial charge in [0.2, 0.25) is 5.91 Å². The second kappa shape index (κ2) is 9.39. The van der Waals surface area contributed by atoms with E-state index in [1.165, 1.54) is 41.0 Å². The first-order valence-electron chi connectivity index (χ1n) is 11.5. The van der Waals surface area contributed by atoms with Crippen molar-refractivity contribution in [1.82, 2.24) is 14.5 Å². The predicted molar refractivity (Wildman–Crippen MR) is 141 cm³/mol. The van der Waals surface area contributed by atoms with Crippen LogP contribution < -0.4 is 4.90 Å². The average molecular weight is 489 g/mol. The van der Waals surface area contributed by atoms with E-state index >= 15 is 0 Å². The average Bonchev–Trinajstić information content (AvgIpc) is 3.38. The third-order valence-corrected chi connectivity index (χ3v) is 7.87. The molecule has 2 heterocycles. The molecule has 1 aliphatic rings. The lowest BCUT2D eigenvalue weighted by atomic mass is 10.0. The van der Waals surface area contributed by atoms with Gasteiger partial charge >= 0.3 is 0 Å². The number of aryl methyl sites for hydroxylation is 3. The van der Waals surface area contributed by atoms with Gasteiger partial charge in [0.25, 0.3) is 0 Å². The topological polar surface area (TPSA) is 51.0 Å². The Bertz CT molecular complexity index is 1310. The Labute approximate surface area is 208 Å². The Hall–Kier alpha value is -2.90. The SMILES string of the molecule is CC(=O)N(c1nc(CSc2ncc(-c3ccccc3)n2C2CC2)cs1)c1c(C)cc(C)cc1C. The number of nitrogens with zero attached hydrogens (tertiary/aromatic N) is 4. The molecule has 0 aliphatic heterocycles. The van der Waals surface area contributed by atoms with Crippen molar-refractivity contribution in [3.63, 3.8) is 0 Å². The lowest BCUT2D eigenvalue weighted by Gasteiger charge is -2.23. The molecule has 0 unspecified atom stereocenters. The highest BCUT2D eigenvalue weighted by atomic mass is 32.2. The van der Waals surface area contributed by atoms with Crippen molar-refractivity contribution < 1.29 is 4.79 Å². The van der Waals surface area contributed by atoms with Gasteiger partial charge in [0.05, 0.1) is 23.3 Å². The van der Waals surface area contributed by atoms with E-state index in [0.717, 1.165) is 27.7 Å². The van der Waals surface area contributed by atoms with E-state index in [9.17, 15) is 4.79 Å². The summed E-state index contributed by atoms with van der Waals surface area (Å²) < 4.78 is 2.38. The number of carbonyl (C=O) groups is 1. The highest BCUT2D eigenvalue weighted by molar-refractivity contribution is 7.98. The maximum Gasteiger partial charge on any atom is 0.230 e. The number of hydrogen-bond donors (Lipinski definition) is 0. The molecule has 174 valence electrons. The molecule has 0 spiro atoms. The van der Waals surface area contributed by atoms with E-state index in [-0.39, 0.29) is 5.91 Å². The van der Waals surface area contributed by atoms with Gasteiger partial charge in [-0.05, 0) is 50.3 Å². The summed E-state index contributed by atoms with van der Waals surface area (Å²) in [6.07, 6.45) is 4.39. The summed E-state index contributed by atoms with van der Waals surface area (Å²) >= 11 is 3.23. The van der Waals surface area contributed by atoms with Gasteiger partial charge in [-0.2, -0.15) is 0 Å². The molecule has 34 heavy (non-hydrogen) atoms. The molecule has 5 nitrogen and oxygen atoms in total. The molecular formula is C27H28N4OS2. The zero-order valence-electron chi connectivity index (χ0n) is 19.9. The van der Waals surface area contributed by atoms with Gasteiger partial charge in [0.1, 0.15) is 0 Å². The summed E-state index contributed by atoms with van der Waals surface area (Å²) in [5.74, 6) is 0.687. The number of amides is 1. The second-order valence-electron chi connectivity index (χ2n) is 8.91. The Balaban J connectivity index is 1.38. The highest BCUT2D eigenvalue weighted by Gasteiger charge is 2.29. The molecule has 2 aromatic heterocycles. The predicted octanol–water partition coefficient (Wildman–Crippen LogP) is 7.24. The van der Waals surface area contributed by atoms with Gasteiger partial charge in [-0.15, -0.1) is 11.3 Å². The normalized spacial score (nSPS) is 13.3. The molecule has 4 aromatic rings. The molecule has 0 atom stereocenters. The van der Waals surface area contributed by atoms with Crippen molar-refractivity contribution in [1.29, 1.82) is 0 Å². The molecule has 1 aliphatic carbocycles. The number of rotatable bonds is 7. The van der Waals surface area contributed by atoms with Crippen LogP contribution in [-0.2, 0) is 10.5 Å². The van der Waals surface area contributed by atoms with E-state index in [2.05, 4.69) is 67.1 Å².